The van der Waals surface area contributed by atoms with Gasteiger partial charge in [-0.3, -0.25) is 0 Å². The van der Waals surface area contributed by atoms with Crippen LogP contribution in [0.2, 0.25) is 0 Å². The molecular formula is C11H22N4. The van der Waals surface area contributed by atoms with Crippen molar-refractivity contribution in [1.29, 1.82) is 0 Å². The molecule has 4 heteroatoms. The minimum atomic E-state index is 0.568. The number of piperidine rings is 1. The SMILES string of the molecule is CC.Cc1cnnn1C1CCN(C)CC1. The van der Waals surface area contributed by atoms with Gasteiger partial charge in [0.15, 0.2) is 0 Å². The molecule has 0 atom stereocenters. The van der Waals surface area contributed by atoms with Crippen LogP contribution in [-0.2, 0) is 0 Å². The molecule has 0 aromatic carbocycles. The molecule has 0 amide bonds. The highest BCUT2D eigenvalue weighted by Crippen LogP contribution is 2.21. The summed E-state index contributed by atoms with van der Waals surface area (Å²) in [5, 5.41) is 8.03. The van der Waals surface area contributed by atoms with Crippen LogP contribution in [0.15, 0.2) is 6.20 Å². The predicted molar refractivity (Wildman–Crippen MR) is 61.9 cm³/mol. The second-order valence-electron chi connectivity index (χ2n) is 3.85. The Morgan fingerprint density at radius 3 is 2.33 bits per heavy atom. The van der Waals surface area contributed by atoms with Crippen LogP contribution in [0.3, 0.4) is 0 Å². The van der Waals surface area contributed by atoms with Gasteiger partial charge in [-0.1, -0.05) is 19.1 Å². The quantitative estimate of drug-likeness (QED) is 0.709. The van der Waals surface area contributed by atoms with Crippen molar-refractivity contribution < 1.29 is 0 Å². The van der Waals surface area contributed by atoms with Gasteiger partial charge in [-0.25, -0.2) is 4.68 Å². The number of hydrogen-bond donors (Lipinski definition) is 0. The summed E-state index contributed by atoms with van der Waals surface area (Å²) in [6, 6.07) is 0.568. The van der Waals surface area contributed by atoms with Crippen molar-refractivity contribution in [2.75, 3.05) is 20.1 Å². The van der Waals surface area contributed by atoms with Gasteiger partial charge < -0.3 is 4.90 Å². The standard InChI is InChI=1S/C9H16N4.C2H6/c1-8-7-10-11-13(8)9-3-5-12(2)6-4-9;1-2/h7,9H,3-6H2,1-2H3;1-2H3. The van der Waals surface area contributed by atoms with E-state index in [1.807, 2.05) is 20.0 Å². The van der Waals surface area contributed by atoms with Crippen molar-refractivity contribution in [2.45, 2.75) is 39.7 Å². The average Bonchev–Trinajstić information content (AvgIpc) is 2.69. The van der Waals surface area contributed by atoms with Crippen LogP contribution in [0.5, 0.6) is 0 Å². The monoisotopic (exact) mass is 210 g/mol. The number of rotatable bonds is 1. The van der Waals surface area contributed by atoms with Gasteiger partial charge in [0.2, 0.25) is 0 Å². The van der Waals surface area contributed by atoms with E-state index in [4.69, 9.17) is 0 Å². The lowest BCUT2D eigenvalue weighted by molar-refractivity contribution is 0.209. The van der Waals surface area contributed by atoms with Crippen molar-refractivity contribution in [1.82, 2.24) is 19.9 Å². The van der Waals surface area contributed by atoms with Gasteiger partial charge >= 0.3 is 0 Å². The summed E-state index contributed by atoms with van der Waals surface area (Å²) >= 11 is 0. The summed E-state index contributed by atoms with van der Waals surface area (Å²) in [4.78, 5) is 2.36. The second kappa shape index (κ2) is 5.85. The van der Waals surface area contributed by atoms with E-state index in [0.717, 1.165) is 0 Å². The van der Waals surface area contributed by atoms with E-state index in [2.05, 4.69) is 33.9 Å². The molecule has 0 aliphatic carbocycles. The van der Waals surface area contributed by atoms with Crippen LogP contribution >= 0.6 is 0 Å². The van der Waals surface area contributed by atoms with Crippen molar-refractivity contribution in [3.05, 3.63) is 11.9 Å². The minimum absolute atomic E-state index is 0.568. The zero-order valence-corrected chi connectivity index (χ0v) is 10.3. The molecule has 1 fully saturated rings. The Kier molecular flexibility index (Phi) is 4.75. The molecule has 1 saturated heterocycles. The molecule has 0 unspecified atom stereocenters. The molecule has 0 spiro atoms. The molecule has 0 radical (unpaired) electrons. The van der Waals surface area contributed by atoms with Crippen LogP contribution in [0.25, 0.3) is 0 Å². The zero-order valence-electron chi connectivity index (χ0n) is 10.3. The molecule has 1 aromatic rings. The van der Waals surface area contributed by atoms with Crippen LogP contribution in [0, 0.1) is 6.92 Å². The van der Waals surface area contributed by atoms with Gasteiger partial charge in [0.05, 0.1) is 17.9 Å². The van der Waals surface area contributed by atoms with E-state index in [-0.39, 0.29) is 0 Å². The molecule has 2 rings (SSSR count). The van der Waals surface area contributed by atoms with E-state index >= 15 is 0 Å². The Balaban J connectivity index is 0.000000531. The maximum atomic E-state index is 4.11. The van der Waals surface area contributed by atoms with E-state index in [9.17, 15) is 0 Å². The molecular weight excluding hydrogens is 188 g/mol. The van der Waals surface area contributed by atoms with E-state index < -0.39 is 0 Å². The summed E-state index contributed by atoms with van der Waals surface area (Å²) < 4.78 is 2.06. The molecule has 2 heterocycles. The van der Waals surface area contributed by atoms with Gasteiger partial charge in [-0.05, 0) is 39.9 Å². The van der Waals surface area contributed by atoms with Gasteiger partial charge in [-0.15, -0.1) is 5.10 Å². The highest BCUT2D eigenvalue weighted by atomic mass is 15.4. The first-order valence-corrected chi connectivity index (χ1v) is 5.82. The highest BCUT2D eigenvalue weighted by Gasteiger charge is 2.19. The largest absolute Gasteiger partial charge is 0.306 e. The van der Waals surface area contributed by atoms with Crippen molar-refractivity contribution >= 4 is 0 Å². The first-order chi connectivity index (χ1) is 7.27. The summed E-state index contributed by atoms with van der Waals surface area (Å²) in [6.07, 6.45) is 4.22. The highest BCUT2D eigenvalue weighted by molar-refractivity contribution is 4.92. The number of aryl methyl sites for hydroxylation is 1. The Labute approximate surface area is 92.3 Å². The lowest BCUT2D eigenvalue weighted by atomic mass is 10.1. The molecule has 0 saturated carbocycles. The summed E-state index contributed by atoms with van der Waals surface area (Å²) in [5.41, 5.74) is 1.18. The smallest absolute Gasteiger partial charge is 0.0722 e. The van der Waals surface area contributed by atoms with Gasteiger partial charge in [-0.2, -0.15) is 0 Å². The second-order valence-corrected chi connectivity index (χ2v) is 3.85. The number of likely N-dealkylation sites (tertiary alicyclic amines) is 1. The van der Waals surface area contributed by atoms with Crippen molar-refractivity contribution in [3.8, 4) is 0 Å². The third-order valence-electron chi connectivity index (χ3n) is 2.79. The average molecular weight is 210 g/mol. The molecule has 1 aliphatic rings. The minimum Gasteiger partial charge on any atom is -0.306 e. The first-order valence-electron chi connectivity index (χ1n) is 5.82. The van der Waals surface area contributed by atoms with Crippen LogP contribution in [-0.4, -0.2) is 40.0 Å². The Hall–Kier alpha value is -0.900. The maximum Gasteiger partial charge on any atom is 0.0722 e. The fourth-order valence-electron chi connectivity index (χ4n) is 1.90. The summed E-state index contributed by atoms with van der Waals surface area (Å²) in [7, 11) is 2.17. The van der Waals surface area contributed by atoms with Gasteiger partial charge in [0.1, 0.15) is 0 Å². The van der Waals surface area contributed by atoms with Crippen LogP contribution in [0.1, 0.15) is 38.4 Å². The Bertz CT molecular complexity index is 274. The molecule has 15 heavy (non-hydrogen) atoms. The predicted octanol–water partition coefficient (Wildman–Crippen LogP) is 1.88. The normalized spacial score (nSPS) is 18.4. The van der Waals surface area contributed by atoms with Crippen molar-refractivity contribution in [3.63, 3.8) is 0 Å². The maximum absolute atomic E-state index is 4.11. The van der Waals surface area contributed by atoms with Crippen molar-refractivity contribution in [2.24, 2.45) is 0 Å². The van der Waals surface area contributed by atoms with E-state index in [0.29, 0.717) is 6.04 Å². The molecule has 0 bridgehead atoms. The number of hydrogen-bond acceptors (Lipinski definition) is 3. The first kappa shape index (κ1) is 12.2. The lowest BCUT2D eigenvalue weighted by Crippen LogP contribution is -2.32. The molecule has 1 aromatic heterocycles. The summed E-state index contributed by atoms with van der Waals surface area (Å²) in [6.45, 7) is 8.41. The fraction of sp³-hybridized carbons (Fsp3) is 0.818. The molecule has 1 aliphatic heterocycles. The lowest BCUT2D eigenvalue weighted by Gasteiger charge is -2.29. The number of nitrogens with zero attached hydrogens (tertiary/aromatic N) is 4. The molecule has 0 N–H and O–H groups in total. The summed E-state index contributed by atoms with van der Waals surface area (Å²) in [5.74, 6) is 0. The van der Waals surface area contributed by atoms with Crippen LogP contribution < -0.4 is 0 Å². The van der Waals surface area contributed by atoms with E-state index in [1.165, 1.54) is 31.6 Å². The van der Waals surface area contributed by atoms with Gasteiger partial charge in [0, 0.05) is 0 Å². The third-order valence-corrected chi connectivity index (χ3v) is 2.79. The topological polar surface area (TPSA) is 34.0 Å². The fourth-order valence-corrected chi connectivity index (χ4v) is 1.90. The Morgan fingerprint density at radius 2 is 1.87 bits per heavy atom. The zero-order chi connectivity index (χ0) is 11.3. The molecule has 86 valence electrons. The van der Waals surface area contributed by atoms with E-state index in [1.54, 1.807) is 0 Å². The third kappa shape index (κ3) is 3.02. The molecule has 4 nitrogen and oxygen atoms in total. The van der Waals surface area contributed by atoms with Crippen LogP contribution in [0.4, 0.5) is 0 Å². The van der Waals surface area contributed by atoms with Gasteiger partial charge in [0.25, 0.3) is 0 Å². The Morgan fingerprint density at radius 1 is 1.27 bits per heavy atom. The number of aromatic nitrogens is 3.